The second-order valence-electron chi connectivity index (χ2n) is 4.44. The average molecular weight is 218 g/mol. The van der Waals surface area contributed by atoms with Crippen LogP contribution in [-0.4, -0.2) is 18.5 Å². The number of ether oxygens (including phenoxy) is 2. The Morgan fingerprint density at radius 1 is 1.31 bits per heavy atom. The van der Waals surface area contributed by atoms with Crippen LogP contribution in [-0.2, 0) is 6.42 Å². The summed E-state index contributed by atoms with van der Waals surface area (Å²) in [6.07, 6.45) is 2.45. The molecule has 0 bridgehead atoms. The van der Waals surface area contributed by atoms with E-state index in [4.69, 9.17) is 9.47 Å². The molecule has 1 aromatic rings. The third-order valence-electron chi connectivity index (χ3n) is 3.12. The van der Waals surface area contributed by atoms with Gasteiger partial charge in [0.25, 0.3) is 0 Å². The lowest BCUT2D eigenvalue weighted by Crippen LogP contribution is -2.06. The zero-order valence-corrected chi connectivity index (χ0v) is 9.29. The van der Waals surface area contributed by atoms with Crippen LogP contribution in [0.5, 0.6) is 11.5 Å². The molecule has 3 rings (SSSR count). The van der Waals surface area contributed by atoms with Gasteiger partial charge in [0.1, 0.15) is 6.10 Å². The van der Waals surface area contributed by atoms with Gasteiger partial charge >= 0.3 is 0 Å². The standard InChI is InChI=1S/C13H14O3/c1-8-7-9-4-5-10-11(14)3-2-6-15-13(10)12(9)16-8/h4-5,8H,2-3,6-7H2,1H3. The second-order valence-corrected chi connectivity index (χ2v) is 4.44. The van der Waals surface area contributed by atoms with Gasteiger partial charge in [-0.2, -0.15) is 0 Å². The third kappa shape index (κ3) is 1.39. The zero-order valence-electron chi connectivity index (χ0n) is 9.29. The van der Waals surface area contributed by atoms with Crippen molar-refractivity contribution in [3.63, 3.8) is 0 Å². The molecule has 0 spiro atoms. The SMILES string of the molecule is CC1Cc2ccc3c(c2O1)OCCCC3=O. The van der Waals surface area contributed by atoms with E-state index in [1.165, 1.54) is 0 Å². The summed E-state index contributed by atoms with van der Waals surface area (Å²) in [7, 11) is 0. The van der Waals surface area contributed by atoms with Crippen molar-refractivity contribution in [1.82, 2.24) is 0 Å². The Hall–Kier alpha value is -1.51. The third-order valence-corrected chi connectivity index (χ3v) is 3.12. The summed E-state index contributed by atoms with van der Waals surface area (Å²) < 4.78 is 11.4. The van der Waals surface area contributed by atoms with Crippen LogP contribution in [0.1, 0.15) is 35.7 Å². The molecule has 16 heavy (non-hydrogen) atoms. The molecular weight excluding hydrogens is 204 g/mol. The highest BCUT2D eigenvalue weighted by atomic mass is 16.5. The van der Waals surface area contributed by atoms with E-state index in [0.29, 0.717) is 24.3 Å². The first kappa shape index (κ1) is 9.70. The first-order valence-corrected chi connectivity index (χ1v) is 5.74. The van der Waals surface area contributed by atoms with Crippen LogP contribution in [0.2, 0.25) is 0 Å². The van der Waals surface area contributed by atoms with Gasteiger partial charge in [-0.1, -0.05) is 6.07 Å². The molecule has 2 aliphatic rings. The first-order valence-electron chi connectivity index (χ1n) is 5.74. The fourth-order valence-electron chi connectivity index (χ4n) is 2.35. The van der Waals surface area contributed by atoms with Crippen molar-refractivity contribution in [1.29, 1.82) is 0 Å². The van der Waals surface area contributed by atoms with E-state index in [2.05, 4.69) is 0 Å². The molecule has 3 nitrogen and oxygen atoms in total. The molecule has 0 radical (unpaired) electrons. The van der Waals surface area contributed by atoms with Crippen molar-refractivity contribution in [2.45, 2.75) is 32.3 Å². The van der Waals surface area contributed by atoms with Crippen LogP contribution in [0.25, 0.3) is 0 Å². The lowest BCUT2D eigenvalue weighted by molar-refractivity contribution is 0.0983. The van der Waals surface area contributed by atoms with Gasteiger partial charge < -0.3 is 9.47 Å². The fraction of sp³-hybridized carbons (Fsp3) is 0.462. The lowest BCUT2D eigenvalue weighted by Gasteiger charge is -2.11. The van der Waals surface area contributed by atoms with Crippen LogP contribution in [0.3, 0.4) is 0 Å². The summed E-state index contributed by atoms with van der Waals surface area (Å²) in [6.45, 7) is 2.64. The van der Waals surface area contributed by atoms with Gasteiger partial charge in [0.05, 0.1) is 12.2 Å². The summed E-state index contributed by atoms with van der Waals surface area (Å²) in [5.74, 6) is 1.63. The summed E-state index contributed by atoms with van der Waals surface area (Å²) in [5, 5.41) is 0. The molecular formula is C13H14O3. The minimum absolute atomic E-state index is 0.165. The van der Waals surface area contributed by atoms with Crippen LogP contribution in [0.15, 0.2) is 12.1 Å². The minimum Gasteiger partial charge on any atom is -0.489 e. The molecule has 0 aliphatic carbocycles. The van der Waals surface area contributed by atoms with Gasteiger partial charge in [-0.3, -0.25) is 4.79 Å². The molecule has 2 heterocycles. The Morgan fingerprint density at radius 2 is 2.19 bits per heavy atom. The van der Waals surface area contributed by atoms with Crippen LogP contribution in [0.4, 0.5) is 0 Å². The summed E-state index contributed by atoms with van der Waals surface area (Å²) in [4.78, 5) is 11.9. The van der Waals surface area contributed by atoms with Crippen molar-refractivity contribution >= 4 is 5.78 Å². The Morgan fingerprint density at radius 3 is 3.06 bits per heavy atom. The number of ketones is 1. The van der Waals surface area contributed by atoms with E-state index < -0.39 is 0 Å². The highest BCUT2D eigenvalue weighted by Gasteiger charge is 2.28. The molecule has 0 N–H and O–H groups in total. The van der Waals surface area contributed by atoms with Crippen LogP contribution >= 0.6 is 0 Å². The molecule has 0 fully saturated rings. The predicted molar refractivity (Wildman–Crippen MR) is 59.3 cm³/mol. The van der Waals surface area contributed by atoms with Crippen molar-refractivity contribution in [2.24, 2.45) is 0 Å². The van der Waals surface area contributed by atoms with E-state index in [-0.39, 0.29) is 11.9 Å². The van der Waals surface area contributed by atoms with E-state index in [9.17, 15) is 4.79 Å². The summed E-state index contributed by atoms with van der Waals surface area (Å²) in [5.41, 5.74) is 1.84. The maximum Gasteiger partial charge on any atom is 0.172 e. The second kappa shape index (κ2) is 3.51. The van der Waals surface area contributed by atoms with E-state index in [1.807, 2.05) is 19.1 Å². The van der Waals surface area contributed by atoms with E-state index >= 15 is 0 Å². The largest absolute Gasteiger partial charge is 0.489 e. The summed E-state index contributed by atoms with van der Waals surface area (Å²) >= 11 is 0. The molecule has 3 heteroatoms. The van der Waals surface area contributed by atoms with Gasteiger partial charge in [-0.25, -0.2) is 0 Å². The number of carbonyl (C=O) groups excluding carboxylic acids is 1. The highest BCUT2D eigenvalue weighted by Crippen LogP contribution is 2.42. The average Bonchev–Trinajstić information content (AvgIpc) is 2.54. The number of carbonyl (C=O) groups is 1. The molecule has 0 saturated heterocycles. The van der Waals surface area contributed by atoms with Gasteiger partial charge in [0, 0.05) is 18.4 Å². The molecule has 1 aromatic carbocycles. The number of hydrogen-bond acceptors (Lipinski definition) is 3. The Balaban J connectivity index is 2.14. The number of Topliss-reactive ketones (excluding diaryl/α,β-unsaturated/α-hetero) is 1. The number of rotatable bonds is 0. The molecule has 0 saturated carbocycles. The summed E-state index contributed by atoms with van der Waals surface area (Å²) in [6, 6.07) is 3.87. The van der Waals surface area contributed by atoms with Crippen molar-refractivity contribution in [3.8, 4) is 11.5 Å². The highest BCUT2D eigenvalue weighted by molar-refractivity contribution is 6.00. The van der Waals surface area contributed by atoms with E-state index in [1.54, 1.807) is 0 Å². The molecule has 0 aromatic heterocycles. The topological polar surface area (TPSA) is 35.5 Å². The maximum absolute atomic E-state index is 11.9. The molecule has 2 aliphatic heterocycles. The van der Waals surface area contributed by atoms with Crippen LogP contribution in [0, 0.1) is 0 Å². The van der Waals surface area contributed by atoms with Crippen molar-refractivity contribution in [2.75, 3.05) is 6.61 Å². The Bertz CT molecular complexity index is 451. The molecule has 1 unspecified atom stereocenters. The van der Waals surface area contributed by atoms with Gasteiger partial charge in [0.2, 0.25) is 0 Å². The Labute approximate surface area is 94.4 Å². The van der Waals surface area contributed by atoms with Crippen LogP contribution < -0.4 is 9.47 Å². The monoisotopic (exact) mass is 218 g/mol. The smallest absolute Gasteiger partial charge is 0.172 e. The number of fused-ring (bicyclic) bond motifs is 3. The number of benzene rings is 1. The zero-order chi connectivity index (χ0) is 11.1. The Kier molecular flexibility index (Phi) is 2.13. The molecule has 0 amide bonds. The number of hydrogen-bond donors (Lipinski definition) is 0. The fourth-order valence-corrected chi connectivity index (χ4v) is 2.35. The van der Waals surface area contributed by atoms with Gasteiger partial charge in [-0.15, -0.1) is 0 Å². The van der Waals surface area contributed by atoms with Crippen molar-refractivity contribution < 1.29 is 14.3 Å². The lowest BCUT2D eigenvalue weighted by atomic mass is 10.0. The maximum atomic E-state index is 11.9. The van der Waals surface area contributed by atoms with Gasteiger partial charge in [-0.05, 0) is 19.4 Å². The quantitative estimate of drug-likeness (QED) is 0.670. The van der Waals surface area contributed by atoms with Crippen molar-refractivity contribution in [3.05, 3.63) is 23.3 Å². The molecule has 84 valence electrons. The predicted octanol–water partition coefficient (Wildman–Crippen LogP) is 2.37. The molecule has 1 atom stereocenters. The first-order chi connectivity index (χ1) is 7.75. The van der Waals surface area contributed by atoms with E-state index in [0.717, 1.165) is 24.2 Å². The minimum atomic E-state index is 0.165. The van der Waals surface area contributed by atoms with Gasteiger partial charge in [0.15, 0.2) is 17.3 Å². The normalized spacial score (nSPS) is 22.8.